The fourth-order valence-corrected chi connectivity index (χ4v) is 8.06. The lowest BCUT2D eigenvalue weighted by Crippen LogP contribution is -2.05. The summed E-state index contributed by atoms with van der Waals surface area (Å²) in [4.78, 5) is 78.1. The maximum atomic E-state index is 12.9. The number of carboxylic acids is 1. The van der Waals surface area contributed by atoms with Crippen molar-refractivity contribution in [2.75, 3.05) is 25.2 Å². The van der Waals surface area contributed by atoms with Crippen molar-refractivity contribution in [1.82, 2.24) is 19.9 Å². The molecule has 0 amide bonds. The van der Waals surface area contributed by atoms with Crippen molar-refractivity contribution < 1.29 is 65.6 Å². The second-order valence-electron chi connectivity index (χ2n) is 17.1. The molecule has 8 aromatic rings. The molecule has 0 saturated heterocycles. The highest BCUT2D eigenvalue weighted by Gasteiger charge is 2.17. The molecule has 0 atom stereocenters. The summed E-state index contributed by atoms with van der Waals surface area (Å²) in [5.74, 6) is -3.98. The van der Waals surface area contributed by atoms with Crippen LogP contribution in [0.5, 0.6) is 0 Å². The molecule has 0 aliphatic heterocycles. The summed E-state index contributed by atoms with van der Waals surface area (Å²) in [6, 6.07) is 24.6. The molecule has 0 radical (unpaired) electrons. The summed E-state index contributed by atoms with van der Waals surface area (Å²) < 4.78 is 65.7. The fourth-order valence-electron chi connectivity index (χ4n) is 6.93. The van der Waals surface area contributed by atoms with Crippen LogP contribution < -0.4 is 0 Å². The van der Waals surface area contributed by atoms with Crippen LogP contribution in [0.3, 0.4) is 0 Å². The third-order valence-corrected chi connectivity index (χ3v) is 12.5. The number of carbonyl (C=O) groups is 6. The first kappa shape index (κ1) is 78.5. The van der Waals surface area contributed by atoms with Gasteiger partial charge < -0.3 is 39.3 Å². The van der Waals surface area contributed by atoms with Gasteiger partial charge in [-0.1, -0.05) is 70.7 Å². The van der Waals surface area contributed by atoms with Gasteiger partial charge in [0.15, 0.2) is 5.78 Å². The van der Waals surface area contributed by atoms with Crippen molar-refractivity contribution in [2.24, 2.45) is 0 Å². The minimum absolute atomic E-state index is 0.0270. The van der Waals surface area contributed by atoms with E-state index < -0.39 is 40.2 Å². The predicted octanol–water partition coefficient (Wildman–Crippen LogP) is 17.6. The lowest BCUT2D eigenvalue weighted by atomic mass is 10.0. The van der Waals surface area contributed by atoms with Gasteiger partial charge in [-0.15, -0.1) is 23.2 Å². The number of aromatic amines is 4. The van der Waals surface area contributed by atoms with E-state index in [1.54, 1.807) is 75.8 Å². The van der Waals surface area contributed by atoms with E-state index in [0.717, 1.165) is 34.4 Å². The van der Waals surface area contributed by atoms with Crippen LogP contribution in [-0.4, -0.2) is 96.5 Å². The molecule has 88 heavy (non-hydrogen) atoms. The smallest absolute Gasteiger partial charge is 0.477 e. The number of carboxylic acid groups (broad SMARTS) is 1. The van der Waals surface area contributed by atoms with Gasteiger partial charge in [-0.05, 0) is 170 Å². The van der Waals surface area contributed by atoms with E-state index in [2.05, 4.69) is 19.9 Å². The van der Waals surface area contributed by atoms with Gasteiger partial charge in [0, 0.05) is 63.3 Å². The van der Waals surface area contributed by atoms with E-state index >= 15 is 0 Å². The molecule has 4 aromatic carbocycles. The number of alkyl halides is 2. The Labute approximate surface area is 556 Å². The Morgan fingerprint density at radius 2 is 0.830 bits per heavy atom. The SMILES string of the molecule is CCOC(=O)c1cc(C(=O)Cc2ccc(F)cc2Cl)c[nH]1.CCOC(=O)c1cc(CCc2ccc(F)cc2Cl)c[nH]1.CCOC(=O)c1ccc[nH]1.ClCCl.O=C(Cl)Cc1ccc(F)cc1Cl.O=C(O)c1cc(CCc2ccc(F)cc2Cl)c[nH]1.[Cl][Al]([Cl])[Cl]. The van der Waals surface area contributed by atoms with Gasteiger partial charge in [0.05, 0.1) is 25.2 Å². The Kier molecular flexibility index (Phi) is 38.5. The first-order chi connectivity index (χ1) is 41.7. The molecule has 0 bridgehead atoms. The van der Waals surface area contributed by atoms with Crippen LogP contribution in [0.4, 0.5) is 17.6 Å². The summed E-state index contributed by atoms with van der Waals surface area (Å²) in [5, 5.41) is 9.69. The number of esters is 3. The highest BCUT2D eigenvalue weighted by molar-refractivity contribution is 7.54. The van der Waals surface area contributed by atoms with Crippen molar-refractivity contribution in [1.29, 1.82) is 0 Å². The molecule has 0 fully saturated rings. The zero-order chi connectivity index (χ0) is 65.9. The number of aryl methyl sites for hydroxylation is 4. The lowest BCUT2D eigenvalue weighted by Gasteiger charge is -2.03. The van der Waals surface area contributed by atoms with E-state index in [-0.39, 0.29) is 75.6 Å². The molecule has 29 heteroatoms. The predicted molar refractivity (Wildman–Crippen MR) is 341 cm³/mol. The van der Waals surface area contributed by atoms with E-state index in [4.69, 9.17) is 131 Å². The molecule has 4 aromatic heterocycles. The number of ketones is 1. The average Bonchev–Trinajstić information content (AvgIpc) is 4.38. The van der Waals surface area contributed by atoms with Gasteiger partial charge >= 0.3 is 35.3 Å². The number of carbonyl (C=O) groups excluding carboxylic acids is 5. The second kappa shape index (κ2) is 43.1. The van der Waals surface area contributed by atoms with Gasteiger partial charge in [0.2, 0.25) is 5.24 Å². The fraction of sp³-hybridized carbons (Fsp3) is 0.220. The molecule has 8 rings (SSSR count). The number of benzene rings is 4. The van der Waals surface area contributed by atoms with E-state index in [1.807, 2.05) is 0 Å². The molecular weight excluding hydrogens is 1380 g/mol. The van der Waals surface area contributed by atoms with Crippen molar-refractivity contribution in [3.05, 3.63) is 233 Å². The molecule has 0 unspecified atom stereocenters. The van der Waals surface area contributed by atoms with Crippen molar-refractivity contribution in [3.8, 4) is 0 Å². The van der Waals surface area contributed by atoms with Gasteiger partial charge in [0.1, 0.15) is 46.0 Å². The quantitative estimate of drug-likeness (QED) is 0.0104. The van der Waals surface area contributed by atoms with Crippen LogP contribution in [0.15, 0.2) is 128 Å². The number of halogens is 14. The minimum Gasteiger partial charge on any atom is -0.477 e. The van der Waals surface area contributed by atoms with Crippen LogP contribution in [0.1, 0.15) is 106 Å². The molecule has 0 aliphatic rings. The normalized spacial score (nSPS) is 9.97. The molecule has 4 heterocycles. The molecule has 0 spiro atoms. The molecule has 0 saturated carbocycles. The Morgan fingerprint density at radius 1 is 0.477 bits per heavy atom. The van der Waals surface area contributed by atoms with Gasteiger partial charge in [-0.2, -0.15) is 0 Å². The van der Waals surface area contributed by atoms with Gasteiger partial charge in [-0.3, -0.25) is 9.59 Å². The lowest BCUT2D eigenvalue weighted by molar-refractivity contribution is -0.111. The van der Waals surface area contributed by atoms with Crippen LogP contribution >= 0.6 is 111 Å². The van der Waals surface area contributed by atoms with E-state index in [0.29, 0.717) is 77.0 Å². The topological polar surface area (TPSA) is 213 Å². The van der Waals surface area contributed by atoms with Crippen molar-refractivity contribution >= 4 is 158 Å². The number of ether oxygens (including phenoxy) is 3. The standard InChI is InChI=1S/C15H13ClFNO3.C15H15ClFNO2.C13H11ClFNO2.C8H5Cl2FO.C7H9NO2.CH2Cl2.Al.3ClH/c1-2-21-15(20)13-5-10(8-18-13)14(19)6-9-3-4-11(17)7-12(9)16;1-2-20-15(19)14-7-10(9-18-14)3-4-11-5-6-12(17)8-13(11)16;14-11-6-10(15)4-3-9(11)2-1-8-5-12(13(17)18)16-7-8;9-7-4-6(11)2-1-5(7)3-8(10)12;1-2-10-7(9)6-4-3-5-8-6;2-1-3;;;;/h3-5,7-8,18H,2,6H2,1H3;5-9,18H,2-4H2,1H3;3-7,16H,1-2H2,(H,17,18);1-2,4H,3H2;3-5,8H,2H2,1H3;1H2;;3*1H/q;;;;;;+3;;;/p-3. The zero-order valence-electron chi connectivity index (χ0n) is 46.7. The molecule has 14 nitrogen and oxygen atoms in total. The summed E-state index contributed by atoms with van der Waals surface area (Å²) >= 11 is 36.3. The first-order valence-corrected chi connectivity index (χ1v) is 33.9. The van der Waals surface area contributed by atoms with Crippen molar-refractivity contribution in [3.63, 3.8) is 0 Å². The Balaban J connectivity index is 0.000000372. The number of aromatic nitrogens is 4. The number of rotatable bonds is 18. The summed E-state index contributed by atoms with van der Waals surface area (Å²) in [6.07, 6.45) is 9.27. The monoisotopic (exact) mass is 1430 g/mol. The Hall–Kier alpha value is -5.63. The van der Waals surface area contributed by atoms with Crippen LogP contribution in [-0.2, 0) is 57.5 Å². The Bertz CT molecular complexity index is 3480. The molecule has 472 valence electrons. The summed E-state index contributed by atoms with van der Waals surface area (Å²) in [5.41, 5.74) is 6.32. The maximum Gasteiger partial charge on any atom is 0.643 e. The van der Waals surface area contributed by atoms with Gasteiger partial charge in [-0.25, -0.2) is 66.9 Å². The third kappa shape index (κ3) is 31.2. The van der Waals surface area contributed by atoms with Crippen LogP contribution in [0, 0.1) is 23.3 Å². The number of aromatic carboxylic acids is 1. The summed E-state index contributed by atoms with van der Waals surface area (Å²) in [7, 11) is 14.8. The van der Waals surface area contributed by atoms with Gasteiger partial charge in [0.25, 0.3) is 0 Å². The average molecular weight is 1440 g/mol. The van der Waals surface area contributed by atoms with E-state index in [1.165, 1.54) is 60.8 Å². The maximum absolute atomic E-state index is 12.9. The number of nitrogens with one attached hydrogen (secondary N) is 4. The number of hydrogen-bond donors (Lipinski definition) is 5. The van der Waals surface area contributed by atoms with Crippen molar-refractivity contribution in [2.45, 2.75) is 59.3 Å². The minimum atomic E-state index is -1.72. The highest BCUT2D eigenvalue weighted by Crippen LogP contribution is 2.23. The Morgan fingerprint density at radius 3 is 1.18 bits per heavy atom. The number of hydrogen-bond acceptors (Lipinski definition) is 9. The second-order valence-corrected chi connectivity index (χ2v) is 26.4. The molecule has 5 N–H and O–H groups in total. The van der Waals surface area contributed by atoms with E-state index in [9.17, 15) is 46.3 Å². The largest absolute Gasteiger partial charge is 0.643 e. The molecule has 0 aliphatic carbocycles. The third-order valence-electron chi connectivity index (χ3n) is 10.9. The zero-order valence-corrected chi connectivity index (χ0v) is 55.4. The summed E-state index contributed by atoms with van der Waals surface area (Å²) in [6.45, 7) is 6.26. The van der Waals surface area contributed by atoms with Crippen LogP contribution in [0.25, 0.3) is 0 Å². The first-order valence-electron chi connectivity index (χ1n) is 25.7. The number of H-pyrrole nitrogens is 4. The number of Topliss-reactive ketones (excluding diaryl/α,β-unsaturated/α-hetero) is 1. The van der Waals surface area contributed by atoms with Crippen LogP contribution in [0.2, 0.25) is 20.1 Å². The highest BCUT2D eigenvalue weighted by atomic mass is 35.8. The molecular formula is C59H55AlCl10F4N4O10.